The van der Waals surface area contributed by atoms with Gasteiger partial charge in [-0.05, 0) is 87.6 Å². The first-order valence-corrected chi connectivity index (χ1v) is 18.5. The zero-order valence-corrected chi connectivity index (χ0v) is 29.9. The van der Waals surface area contributed by atoms with Crippen molar-refractivity contribution in [1.29, 1.82) is 0 Å². The van der Waals surface area contributed by atoms with Gasteiger partial charge in [-0.2, -0.15) is 0 Å². The third-order valence-electron chi connectivity index (χ3n) is 9.18. The van der Waals surface area contributed by atoms with Crippen molar-refractivity contribution in [1.82, 2.24) is 30.2 Å². The summed E-state index contributed by atoms with van der Waals surface area (Å²) in [5.74, 6) is 2.42. The zero-order valence-electron chi connectivity index (χ0n) is 29.9. The van der Waals surface area contributed by atoms with Gasteiger partial charge in [0.25, 0.3) is 0 Å². The van der Waals surface area contributed by atoms with Gasteiger partial charge in [0.1, 0.15) is 11.6 Å². The summed E-state index contributed by atoms with van der Waals surface area (Å²) in [7, 11) is 0. The topological polar surface area (TPSA) is 82.1 Å². The number of aromatic nitrogens is 4. The van der Waals surface area contributed by atoms with E-state index in [9.17, 15) is 0 Å². The standard InChI is InChI=1S/C23H26N4.C17H22N4.C2H6/c1-3-7-20(8-4-1)18-27-15-13-19(14-16-27)17-24-23-12-11-22(25-26-23)21-9-5-2-6-10-21;1-3-7-15(8-4-1)16-9-10-17(20-19-16)18-11-14-21-12-5-2-6-13-21;1-2/h1-12,19H,13-18H2,(H,24,26);1,3-4,7-10H,2,5-6,11-14H2,(H,18,20);1-2H3. The number of nitrogens with one attached hydrogen (secondary N) is 2. The molecule has 8 heteroatoms. The van der Waals surface area contributed by atoms with Crippen LogP contribution in [0.15, 0.2) is 115 Å². The van der Waals surface area contributed by atoms with Crippen LogP contribution in [0.1, 0.15) is 51.5 Å². The average Bonchev–Trinajstić information content (AvgIpc) is 3.21. The number of hydrogen-bond donors (Lipinski definition) is 2. The Morgan fingerprint density at radius 1 is 0.540 bits per heavy atom. The third kappa shape index (κ3) is 12.0. The summed E-state index contributed by atoms with van der Waals surface area (Å²) in [4.78, 5) is 5.07. The molecule has 2 aromatic heterocycles. The summed E-state index contributed by atoms with van der Waals surface area (Å²) < 4.78 is 0. The Bertz CT molecular complexity index is 1590. The second-order valence-corrected chi connectivity index (χ2v) is 12.8. The lowest BCUT2D eigenvalue weighted by Crippen LogP contribution is -2.35. The Kier molecular flexibility index (Phi) is 15.2. The predicted octanol–water partition coefficient (Wildman–Crippen LogP) is 8.54. The molecule has 0 atom stereocenters. The molecular weight excluding hydrogens is 617 g/mol. The smallest absolute Gasteiger partial charge is 0.148 e. The van der Waals surface area contributed by atoms with Gasteiger partial charge in [0.15, 0.2) is 0 Å². The van der Waals surface area contributed by atoms with E-state index in [1.165, 1.54) is 63.8 Å². The first-order chi connectivity index (χ1) is 24.8. The van der Waals surface area contributed by atoms with E-state index in [1.54, 1.807) is 0 Å². The summed E-state index contributed by atoms with van der Waals surface area (Å²) in [5, 5.41) is 24.1. The molecule has 0 unspecified atom stereocenters. The van der Waals surface area contributed by atoms with Gasteiger partial charge in [-0.1, -0.05) is 111 Å². The zero-order chi connectivity index (χ0) is 34.6. The third-order valence-corrected chi connectivity index (χ3v) is 9.18. The molecule has 4 heterocycles. The molecule has 2 saturated heterocycles. The number of hydrogen-bond acceptors (Lipinski definition) is 8. The van der Waals surface area contributed by atoms with Crippen LogP contribution in [0.5, 0.6) is 0 Å². The summed E-state index contributed by atoms with van der Waals surface area (Å²) >= 11 is 0. The summed E-state index contributed by atoms with van der Waals surface area (Å²) in [6, 6.07) is 39.1. The second kappa shape index (κ2) is 20.8. The van der Waals surface area contributed by atoms with Gasteiger partial charge >= 0.3 is 0 Å². The van der Waals surface area contributed by atoms with Crippen molar-refractivity contribution < 1.29 is 0 Å². The van der Waals surface area contributed by atoms with Gasteiger partial charge in [0.05, 0.1) is 11.4 Å². The van der Waals surface area contributed by atoms with Crippen molar-refractivity contribution in [2.75, 3.05) is 56.4 Å². The molecule has 0 aliphatic carbocycles. The van der Waals surface area contributed by atoms with E-state index in [-0.39, 0.29) is 0 Å². The van der Waals surface area contributed by atoms with Crippen molar-refractivity contribution in [2.24, 2.45) is 5.92 Å². The largest absolute Gasteiger partial charge is 0.368 e. The Labute approximate surface area is 299 Å². The summed E-state index contributed by atoms with van der Waals surface area (Å²) in [5.41, 5.74) is 5.43. The maximum atomic E-state index is 4.35. The minimum absolute atomic E-state index is 0.702. The number of likely N-dealkylation sites (tertiary alicyclic amines) is 2. The van der Waals surface area contributed by atoms with Crippen LogP contribution in [0.2, 0.25) is 0 Å². The molecule has 0 radical (unpaired) electrons. The van der Waals surface area contributed by atoms with Gasteiger partial charge < -0.3 is 15.5 Å². The van der Waals surface area contributed by atoms with Crippen molar-refractivity contribution in [3.8, 4) is 22.5 Å². The van der Waals surface area contributed by atoms with Gasteiger partial charge in [-0.15, -0.1) is 20.4 Å². The normalized spacial score (nSPS) is 15.2. The fourth-order valence-electron chi connectivity index (χ4n) is 6.34. The quantitative estimate of drug-likeness (QED) is 0.145. The highest BCUT2D eigenvalue weighted by Crippen LogP contribution is 2.21. The van der Waals surface area contributed by atoms with Crippen LogP contribution in [-0.2, 0) is 6.54 Å². The van der Waals surface area contributed by atoms with Crippen molar-refractivity contribution in [2.45, 2.75) is 52.5 Å². The predicted molar refractivity (Wildman–Crippen MR) is 208 cm³/mol. The Hall–Kier alpha value is -4.66. The van der Waals surface area contributed by atoms with Crippen molar-refractivity contribution in [3.63, 3.8) is 0 Å². The highest BCUT2D eigenvalue weighted by atomic mass is 15.2. The molecule has 0 spiro atoms. The Morgan fingerprint density at radius 2 is 1.06 bits per heavy atom. The lowest BCUT2D eigenvalue weighted by atomic mass is 9.96. The highest BCUT2D eigenvalue weighted by Gasteiger charge is 2.19. The molecule has 2 fully saturated rings. The van der Waals surface area contributed by atoms with Gasteiger partial charge in [-0.25, -0.2) is 0 Å². The van der Waals surface area contributed by atoms with Crippen LogP contribution in [0.3, 0.4) is 0 Å². The van der Waals surface area contributed by atoms with Gasteiger partial charge in [0.2, 0.25) is 0 Å². The Morgan fingerprint density at radius 3 is 1.58 bits per heavy atom. The lowest BCUT2D eigenvalue weighted by molar-refractivity contribution is 0.182. The fourth-order valence-corrected chi connectivity index (χ4v) is 6.34. The van der Waals surface area contributed by atoms with E-state index >= 15 is 0 Å². The molecule has 3 aromatic carbocycles. The lowest BCUT2D eigenvalue weighted by Gasteiger charge is -2.32. The summed E-state index contributed by atoms with van der Waals surface area (Å²) in [6.07, 6.45) is 6.53. The van der Waals surface area contributed by atoms with Gasteiger partial charge in [-0.3, -0.25) is 4.90 Å². The van der Waals surface area contributed by atoms with E-state index in [0.717, 1.165) is 60.3 Å². The molecule has 0 amide bonds. The van der Waals surface area contributed by atoms with E-state index in [1.807, 2.05) is 86.6 Å². The van der Waals surface area contributed by atoms with Crippen molar-refractivity contribution in [3.05, 3.63) is 121 Å². The minimum atomic E-state index is 0.702. The molecule has 2 aliphatic rings. The molecular formula is C42H54N8. The number of anilines is 2. The van der Waals surface area contributed by atoms with Crippen LogP contribution >= 0.6 is 0 Å². The molecule has 0 bridgehead atoms. The first-order valence-electron chi connectivity index (χ1n) is 18.5. The van der Waals surface area contributed by atoms with Gasteiger partial charge in [0, 0.05) is 37.3 Å². The fraction of sp³-hybridized carbons (Fsp3) is 0.381. The number of rotatable bonds is 11. The second-order valence-electron chi connectivity index (χ2n) is 12.8. The van der Waals surface area contributed by atoms with Crippen molar-refractivity contribution >= 4 is 11.6 Å². The van der Waals surface area contributed by atoms with E-state index in [0.29, 0.717) is 5.92 Å². The van der Waals surface area contributed by atoms with E-state index < -0.39 is 0 Å². The van der Waals surface area contributed by atoms with Crippen LogP contribution < -0.4 is 10.6 Å². The SMILES string of the molecule is CC.c1ccc(-c2ccc(NCCN3CCCCC3)nn2)cc1.c1ccc(CN2CCC(CNc3ccc(-c4ccccc4)nn3)CC2)cc1. The highest BCUT2D eigenvalue weighted by molar-refractivity contribution is 5.60. The number of benzene rings is 3. The maximum absolute atomic E-state index is 4.35. The molecule has 0 saturated carbocycles. The molecule has 7 rings (SSSR count). The molecule has 2 N–H and O–H groups in total. The van der Waals surface area contributed by atoms with E-state index in [2.05, 4.69) is 83.3 Å². The average molecular weight is 671 g/mol. The van der Waals surface area contributed by atoms with E-state index in [4.69, 9.17) is 0 Å². The molecule has 50 heavy (non-hydrogen) atoms. The first kappa shape index (κ1) is 36.6. The minimum Gasteiger partial charge on any atom is -0.368 e. The number of piperidine rings is 2. The molecule has 2 aliphatic heterocycles. The van der Waals surface area contributed by atoms with Crippen LogP contribution in [0.25, 0.3) is 22.5 Å². The van der Waals surface area contributed by atoms with Crippen LogP contribution in [0, 0.1) is 5.92 Å². The monoisotopic (exact) mass is 670 g/mol. The molecule has 8 nitrogen and oxygen atoms in total. The molecule has 262 valence electrons. The van der Waals surface area contributed by atoms with Crippen LogP contribution in [-0.4, -0.2) is 76.0 Å². The number of nitrogens with zero attached hydrogens (tertiary/aromatic N) is 6. The summed E-state index contributed by atoms with van der Waals surface area (Å²) in [6.45, 7) is 12.9. The molecule has 5 aromatic rings. The maximum Gasteiger partial charge on any atom is 0.148 e. The van der Waals surface area contributed by atoms with Crippen LogP contribution in [0.4, 0.5) is 11.6 Å². The Balaban J connectivity index is 0.000000191.